The maximum atomic E-state index is 12.1. The third-order valence-electron chi connectivity index (χ3n) is 4.09. The number of carbonyl (C=O) groups excluding carboxylic acids is 2. The van der Waals surface area contributed by atoms with E-state index in [2.05, 4.69) is 21.0 Å². The van der Waals surface area contributed by atoms with Crippen molar-refractivity contribution in [3.63, 3.8) is 0 Å². The number of hydrogen-bond donors (Lipinski definition) is 2. The number of non-ortho nitro benzene ring substituents is 1. The summed E-state index contributed by atoms with van der Waals surface area (Å²) in [5, 5.41) is 19.8. The summed E-state index contributed by atoms with van der Waals surface area (Å²) in [6, 6.07) is 12.2. The number of para-hydroxylation sites is 1. The molecule has 0 unspecified atom stereocenters. The van der Waals surface area contributed by atoms with E-state index in [4.69, 9.17) is 16.3 Å². The van der Waals surface area contributed by atoms with Crippen molar-refractivity contribution in [3.05, 3.63) is 75.1 Å². The van der Waals surface area contributed by atoms with Crippen molar-refractivity contribution in [2.45, 2.75) is 11.8 Å². The van der Waals surface area contributed by atoms with E-state index < -0.39 is 16.7 Å². The number of hydrogen-bond acceptors (Lipinski definition) is 8. The first kappa shape index (κ1) is 23.0. The minimum Gasteiger partial charge on any atom is -0.484 e. The molecule has 0 fully saturated rings. The molecule has 13 heteroatoms. The van der Waals surface area contributed by atoms with Crippen LogP contribution in [-0.4, -0.2) is 37.3 Å². The SMILES string of the molecule is Cn1c(COc2ccccc2Cl)nnc1SCC(=O)NNC(=O)c1cccc([N+](=O)[O-])c1. The Hall–Kier alpha value is -3.64. The van der Waals surface area contributed by atoms with Crippen molar-refractivity contribution in [1.82, 2.24) is 25.6 Å². The number of ether oxygens (including phenoxy) is 1. The van der Waals surface area contributed by atoms with Gasteiger partial charge in [-0.15, -0.1) is 10.2 Å². The van der Waals surface area contributed by atoms with Crippen LogP contribution in [-0.2, 0) is 18.4 Å². The normalized spacial score (nSPS) is 10.4. The van der Waals surface area contributed by atoms with Crippen LogP contribution in [0.3, 0.4) is 0 Å². The van der Waals surface area contributed by atoms with E-state index in [1.807, 2.05) is 0 Å². The van der Waals surface area contributed by atoms with Gasteiger partial charge in [0.1, 0.15) is 12.4 Å². The molecule has 166 valence electrons. The molecule has 1 heterocycles. The van der Waals surface area contributed by atoms with E-state index in [0.29, 0.717) is 21.8 Å². The fourth-order valence-corrected chi connectivity index (χ4v) is 3.35. The highest BCUT2D eigenvalue weighted by Crippen LogP contribution is 2.24. The highest BCUT2D eigenvalue weighted by atomic mass is 35.5. The van der Waals surface area contributed by atoms with Gasteiger partial charge in [0.2, 0.25) is 5.91 Å². The molecular formula is C19H17ClN6O5S. The molecular weight excluding hydrogens is 460 g/mol. The minimum atomic E-state index is -0.676. The molecule has 0 bridgehead atoms. The molecule has 1 aromatic heterocycles. The molecule has 2 N–H and O–H groups in total. The van der Waals surface area contributed by atoms with Crippen LogP contribution in [0.15, 0.2) is 53.7 Å². The number of amides is 2. The maximum Gasteiger partial charge on any atom is 0.270 e. The average molecular weight is 477 g/mol. The molecule has 3 rings (SSSR count). The molecule has 11 nitrogen and oxygen atoms in total. The lowest BCUT2D eigenvalue weighted by molar-refractivity contribution is -0.384. The summed E-state index contributed by atoms with van der Waals surface area (Å²) in [6.45, 7) is 0.138. The topological polar surface area (TPSA) is 141 Å². The number of nitro groups is 1. The first-order valence-electron chi connectivity index (χ1n) is 9.07. The first-order chi connectivity index (χ1) is 15.3. The molecule has 0 aliphatic rings. The fourth-order valence-electron chi connectivity index (χ4n) is 2.43. The summed E-state index contributed by atoms with van der Waals surface area (Å²) in [5.41, 5.74) is 4.29. The van der Waals surface area contributed by atoms with E-state index in [1.54, 1.807) is 35.9 Å². The molecule has 3 aromatic rings. The second-order valence-electron chi connectivity index (χ2n) is 6.28. The molecule has 0 aliphatic heterocycles. The van der Waals surface area contributed by atoms with Crippen LogP contribution >= 0.6 is 23.4 Å². The van der Waals surface area contributed by atoms with Crippen LogP contribution in [0.25, 0.3) is 0 Å². The van der Waals surface area contributed by atoms with Crippen molar-refractivity contribution < 1.29 is 19.2 Å². The Morgan fingerprint density at radius 1 is 1.19 bits per heavy atom. The summed E-state index contributed by atoms with van der Waals surface area (Å²) < 4.78 is 7.32. The highest BCUT2D eigenvalue weighted by molar-refractivity contribution is 7.99. The van der Waals surface area contributed by atoms with E-state index in [9.17, 15) is 19.7 Å². The molecule has 2 amide bonds. The zero-order chi connectivity index (χ0) is 23.1. The van der Waals surface area contributed by atoms with Gasteiger partial charge >= 0.3 is 0 Å². The summed E-state index contributed by atoms with van der Waals surface area (Å²) in [6.07, 6.45) is 0. The van der Waals surface area contributed by atoms with Gasteiger partial charge in [-0.25, -0.2) is 0 Å². The Morgan fingerprint density at radius 3 is 2.72 bits per heavy atom. The van der Waals surface area contributed by atoms with E-state index in [0.717, 1.165) is 17.8 Å². The lowest BCUT2D eigenvalue weighted by Crippen LogP contribution is -2.42. The molecule has 0 spiro atoms. The van der Waals surface area contributed by atoms with Gasteiger partial charge in [-0.3, -0.25) is 30.6 Å². The number of halogens is 1. The monoisotopic (exact) mass is 476 g/mol. The Morgan fingerprint density at radius 2 is 1.97 bits per heavy atom. The Balaban J connectivity index is 1.48. The maximum absolute atomic E-state index is 12.1. The highest BCUT2D eigenvalue weighted by Gasteiger charge is 2.15. The third-order valence-corrected chi connectivity index (χ3v) is 5.42. The summed E-state index contributed by atoms with van der Waals surface area (Å²) in [7, 11) is 1.73. The fraction of sp³-hybridized carbons (Fsp3) is 0.158. The molecule has 2 aromatic carbocycles. The second kappa shape index (κ2) is 10.6. The Bertz CT molecular complexity index is 1150. The average Bonchev–Trinajstić information content (AvgIpc) is 3.14. The number of thioether (sulfide) groups is 1. The quantitative estimate of drug-likeness (QED) is 0.287. The Kier molecular flexibility index (Phi) is 7.63. The molecule has 0 atom stereocenters. The predicted molar refractivity (Wildman–Crippen MR) is 116 cm³/mol. The molecule has 0 aliphatic carbocycles. The van der Waals surface area contributed by atoms with Crippen molar-refractivity contribution in [2.75, 3.05) is 5.75 Å². The number of carbonyl (C=O) groups is 2. The zero-order valence-electron chi connectivity index (χ0n) is 16.6. The van der Waals surface area contributed by atoms with Gasteiger partial charge in [0.25, 0.3) is 11.6 Å². The van der Waals surface area contributed by atoms with Crippen molar-refractivity contribution >= 4 is 40.9 Å². The molecule has 32 heavy (non-hydrogen) atoms. The smallest absolute Gasteiger partial charge is 0.270 e. The summed E-state index contributed by atoms with van der Waals surface area (Å²) in [4.78, 5) is 34.3. The lowest BCUT2D eigenvalue weighted by Gasteiger charge is -2.08. The van der Waals surface area contributed by atoms with Gasteiger partial charge in [-0.2, -0.15) is 0 Å². The van der Waals surface area contributed by atoms with Gasteiger partial charge < -0.3 is 9.30 Å². The number of hydrazine groups is 1. The molecule has 0 saturated heterocycles. The zero-order valence-corrected chi connectivity index (χ0v) is 18.2. The van der Waals surface area contributed by atoms with Crippen LogP contribution in [0, 0.1) is 10.1 Å². The van der Waals surface area contributed by atoms with Crippen molar-refractivity contribution in [3.8, 4) is 5.75 Å². The van der Waals surface area contributed by atoms with Crippen molar-refractivity contribution in [2.24, 2.45) is 7.05 Å². The van der Waals surface area contributed by atoms with E-state index in [1.165, 1.54) is 18.2 Å². The van der Waals surface area contributed by atoms with E-state index >= 15 is 0 Å². The van der Waals surface area contributed by atoms with Gasteiger partial charge in [0, 0.05) is 24.7 Å². The van der Waals surface area contributed by atoms with Gasteiger partial charge in [-0.1, -0.05) is 41.6 Å². The predicted octanol–water partition coefficient (Wildman–Crippen LogP) is 2.51. The van der Waals surface area contributed by atoms with Gasteiger partial charge in [-0.05, 0) is 18.2 Å². The second-order valence-corrected chi connectivity index (χ2v) is 7.63. The molecule has 0 saturated carbocycles. The van der Waals surface area contributed by atoms with Crippen LogP contribution < -0.4 is 15.6 Å². The first-order valence-corrected chi connectivity index (χ1v) is 10.4. The number of nitro benzene ring substituents is 1. The van der Waals surface area contributed by atoms with Gasteiger partial charge in [0.15, 0.2) is 11.0 Å². The largest absolute Gasteiger partial charge is 0.484 e. The Labute approximate surface area is 191 Å². The number of aromatic nitrogens is 3. The lowest BCUT2D eigenvalue weighted by atomic mass is 10.2. The molecule has 0 radical (unpaired) electrons. The number of nitrogens with one attached hydrogen (secondary N) is 2. The number of benzene rings is 2. The van der Waals surface area contributed by atoms with Crippen molar-refractivity contribution in [1.29, 1.82) is 0 Å². The standard InChI is InChI=1S/C19H17ClN6O5S/c1-25-16(10-31-15-8-3-2-7-14(15)20)21-24-19(25)32-11-17(27)22-23-18(28)12-5-4-6-13(9-12)26(29)30/h2-9H,10-11H2,1H3,(H,22,27)(H,23,28). The van der Waals surface area contributed by atoms with Crippen LogP contribution in [0.4, 0.5) is 5.69 Å². The number of rotatable bonds is 8. The van der Waals surface area contributed by atoms with Crippen LogP contribution in [0.1, 0.15) is 16.2 Å². The van der Waals surface area contributed by atoms with E-state index in [-0.39, 0.29) is 23.6 Å². The van der Waals surface area contributed by atoms with Crippen LogP contribution in [0.5, 0.6) is 5.75 Å². The van der Waals surface area contributed by atoms with Crippen LogP contribution in [0.2, 0.25) is 5.02 Å². The summed E-state index contributed by atoms with van der Waals surface area (Å²) in [5.74, 6) is -0.167. The third kappa shape index (κ3) is 5.95. The summed E-state index contributed by atoms with van der Waals surface area (Å²) >= 11 is 7.17. The number of nitrogens with zero attached hydrogens (tertiary/aromatic N) is 4. The minimum absolute atomic E-state index is 0.0450. The van der Waals surface area contributed by atoms with Gasteiger partial charge in [0.05, 0.1) is 15.7 Å².